The van der Waals surface area contributed by atoms with Crippen LogP contribution in [0.3, 0.4) is 0 Å². The van der Waals surface area contributed by atoms with Gasteiger partial charge in [-0.15, -0.1) is 0 Å². The highest BCUT2D eigenvalue weighted by Gasteiger charge is 2.32. The zero-order chi connectivity index (χ0) is 16.1. The van der Waals surface area contributed by atoms with Gasteiger partial charge in [0.05, 0.1) is 25.5 Å². The molecule has 0 spiro atoms. The van der Waals surface area contributed by atoms with Crippen molar-refractivity contribution in [2.45, 2.75) is 6.42 Å². The maximum absolute atomic E-state index is 12.1. The first kappa shape index (κ1) is 15.7. The van der Waals surface area contributed by atoms with Crippen LogP contribution in [0, 0.1) is 5.92 Å². The largest absolute Gasteiger partial charge is 0.495 e. The van der Waals surface area contributed by atoms with E-state index in [1.165, 1.54) is 20.3 Å². The van der Waals surface area contributed by atoms with Gasteiger partial charge in [-0.05, 0) is 29.6 Å². The molecule has 1 unspecified atom stereocenters. The molecule has 1 aliphatic rings. The van der Waals surface area contributed by atoms with E-state index < -0.39 is 5.97 Å². The van der Waals surface area contributed by atoms with Gasteiger partial charge in [0, 0.05) is 24.4 Å². The van der Waals surface area contributed by atoms with Crippen molar-refractivity contribution in [1.29, 1.82) is 0 Å². The molecule has 1 aromatic rings. The Hall–Kier alpha value is -2.73. The Morgan fingerprint density at radius 2 is 2.27 bits per heavy atom. The van der Waals surface area contributed by atoms with Gasteiger partial charge in [0.1, 0.15) is 5.75 Å². The number of carbonyl (C=O) groups is 2. The molecule has 8 heteroatoms. The number of benzene rings is 1. The fourth-order valence-corrected chi connectivity index (χ4v) is 2.43. The molecule has 8 nitrogen and oxygen atoms in total. The van der Waals surface area contributed by atoms with Crippen LogP contribution >= 0.6 is 0 Å². The number of nitrogens with zero attached hydrogens (tertiary/aromatic N) is 4. The monoisotopic (exact) mass is 304 g/mol. The molecule has 1 saturated heterocycles. The predicted octanol–water partition coefficient (Wildman–Crippen LogP) is 2.14. The van der Waals surface area contributed by atoms with E-state index in [1.807, 2.05) is 0 Å². The molecule has 1 atom stereocenters. The summed E-state index contributed by atoms with van der Waals surface area (Å²) in [7, 11) is 2.77. The second-order valence-electron chi connectivity index (χ2n) is 4.87. The van der Waals surface area contributed by atoms with E-state index >= 15 is 0 Å². The molecule has 1 fully saturated rings. The van der Waals surface area contributed by atoms with Crippen molar-refractivity contribution in [3.8, 4) is 5.75 Å². The average molecular weight is 304 g/mol. The van der Waals surface area contributed by atoms with Crippen molar-refractivity contribution < 1.29 is 19.1 Å². The first-order valence-electron chi connectivity index (χ1n) is 6.68. The smallest absolute Gasteiger partial charge is 0.337 e. The van der Waals surface area contributed by atoms with Crippen LogP contribution in [-0.2, 0) is 9.53 Å². The van der Waals surface area contributed by atoms with E-state index in [1.54, 1.807) is 17.0 Å². The Labute approximate surface area is 127 Å². The molecule has 116 valence electrons. The number of hydrogen-bond acceptors (Lipinski definition) is 5. The molecule has 2 rings (SSSR count). The third kappa shape index (κ3) is 3.12. The molecule has 0 N–H and O–H groups in total. The molecule has 1 amide bonds. The lowest BCUT2D eigenvalue weighted by atomic mass is 10.1. The number of ether oxygens (including phenoxy) is 2. The predicted molar refractivity (Wildman–Crippen MR) is 78.8 cm³/mol. The average Bonchev–Trinajstić information content (AvgIpc) is 2.92. The number of esters is 1. The van der Waals surface area contributed by atoms with Crippen molar-refractivity contribution >= 4 is 17.6 Å². The minimum atomic E-state index is -0.473. The third-order valence-corrected chi connectivity index (χ3v) is 3.50. The first-order chi connectivity index (χ1) is 10.6. The minimum absolute atomic E-state index is 0.0200. The summed E-state index contributed by atoms with van der Waals surface area (Å²) < 4.78 is 9.94. The van der Waals surface area contributed by atoms with E-state index in [9.17, 15) is 9.59 Å². The Kier molecular flexibility index (Phi) is 4.85. The van der Waals surface area contributed by atoms with Crippen molar-refractivity contribution in [3.05, 3.63) is 34.2 Å². The van der Waals surface area contributed by atoms with Crippen LogP contribution in [0.5, 0.6) is 5.75 Å². The summed E-state index contributed by atoms with van der Waals surface area (Å²) >= 11 is 0. The van der Waals surface area contributed by atoms with Gasteiger partial charge >= 0.3 is 5.97 Å². The van der Waals surface area contributed by atoms with Gasteiger partial charge in [-0.2, -0.15) is 0 Å². The highest BCUT2D eigenvalue weighted by molar-refractivity contribution is 5.98. The van der Waals surface area contributed by atoms with Gasteiger partial charge in [-0.25, -0.2) is 4.79 Å². The number of anilines is 1. The van der Waals surface area contributed by atoms with Gasteiger partial charge in [0.25, 0.3) is 0 Å². The second-order valence-corrected chi connectivity index (χ2v) is 4.87. The Bertz CT molecular complexity index is 640. The summed E-state index contributed by atoms with van der Waals surface area (Å²) in [5.74, 6) is -0.143. The summed E-state index contributed by atoms with van der Waals surface area (Å²) in [6.45, 7) is 0.729. The van der Waals surface area contributed by atoms with Crippen LogP contribution in [0.1, 0.15) is 16.8 Å². The molecular formula is C14H16N4O4. The van der Waals surface area contributed by atoms with Crippen molar-refractivity contribution in [2.75, 3.05) is 32.2 Å². The summed E-state index contributed by atoms with van der Waals surface area (Å²) in [6, 6.07) is 4.77. The summed E-state index contributed by atoms with van der Waals surface area (Å²) in [5, 5.41) is 3.52. The van der Waals surface area contributed by atoms with Crippen LogP contribution in [0.4, 0.5) is 5.69 Å². The topological polar surface area (TPSA) is 105 Å². The lowest BCUT2D eigenvalue weighted by Crippen LogP contribution is -2.25. The minimum Gasteiger partial charge on any atom is -0.495 e. The molecular weight excluding hydrogens is 288 g/mol. The van der Waals surface area contributed by atoms with Gasteiger partial charge in [-0.3, -0.25) is 4.79 Å². The number of rotatable bonds is 5. The van der Waals surface area contributed by atoms with Crippen molar-refractivity contribution in [1.82, 2.24) is 0 Å². The lowest BCUT2D eigenvalue weighted by Gasteiger charge is -2.20. The molecule has 0 aromatic heterocycles. The summed E-state index contributed by atoms with van der Waals surface area (Å²) in [4.78, 5) is 28.0. The molecule has 1 aliphatic heterocycles. The Morgan fingerprint density at radius 3 is 2.91 bits per heavy atom. The van der Waals surface area contributed by atoms with Crippen LogP contribution in [-0.4, -0.2) is 39.2 Å². The first-order valence-corrected chi connectivity index (χ1v) is 6.68. The summed E-state index contributed by atoms with van der Waals surface area (Å²) in [5.41, 5.74) is 9.29. The molecule has 0 saturated carbocycles. The fourth-order valence-electron chi connectivity index (χ4n) is 2.43. The number of carbonyl (C=O) groups excluding carboxylic acids is 2. The van der Waals surface area contributed by atoms with Crippen LogP contribution in [0.25, 0.3) is 10.4 Å². The Balaban J connectivity index is 2.26. The van der Waals surface area contributed by atoms with Crippen LogP contribution < -0.4 is 9.64 Å². The lowest BCUT2D eigenvalue weighted by molar-refractivity contribution is -0.117. The highest BCUT2D eigenvalue weighted by atomic mass is 16.5. The van der Waals surface area contributed by atoms with Gasteiger partial charge in [-0.1, -0.05) is 5.11 Å². The van der Waals surface area contributed by atoms with E-state index in [0.717, 1.165) is 0 Å². The van der Waals surface area contributed by atoms with E-state index in [4.69, 9.17) is 10.3 Å². The maximum Gasteiger partial charge on any atom is 0.337 e. The van der Waals surface area contributed by atoms with E-state index in [0.29, 0.717) is 30.0 Å². The number of amides is 1. The molecule has 0 bridgehead atoms. The normalized spacial score (nSPS) is 17.1. The van der Waals surface area contributed by atoms with Gasteiger partial charge < -0.3 is 14.4 Å². The quantitative estimate of drug-likeness (QED) is 0.359. The number of hydrogen-bond donors (Lipinski definition) is 0. The third-order valence-electron chi connectivity index (χ3n) is 3.50. The van der Waals surface area contributed by atoms with Crippen LogP contribution in [0.15, 0.2) is 23.3 Å². The number of methoxy groups -OCH3 is 2. The standard InChI is InChI=1S/C14H16N4O4/c1-21-12-6-10(14(20)22-2)3-4-11(12)18-8-9(5-13(18)19)7-16-17-15/h3-4,6,9H,5,7-8H2,1-2H3. The fraction of sp³-hybridized carbons (Fsp3) is 0.429. The zero-order valence-corrected chi connectivity index (χ0v) is 12.4. The zero-order valence-electron chi connectivity index (χ0n) is 12.4. The summed E-state index contributed by atoms with van der Waals surface area (Å²) in [6.07, 6.45) is 0.320. The molecule has 0 aliphatic carbocycles. The van der Waals surface area contributed by atoms with Crippen molar-refractivity contribution in [2.24, 2.45) is 11.0 Å². The SMILES string of the molecule is COC(=O)c1ccc(N2CC(CN=[N+]=[N-])CC2=O)c(OC)c1. The number of azide groups is 1. The second kappa shape index (κ2) is 6.82. The molecule has 1 heterocycles. The van der Waals surface area contributed by atoms with Gasteiger partial charge in [0.2, 0.25) is 5.91 Å². The Morgan fingerprint density at radius 1 is 1.50 bits per heavy atom. The van der Waals surface area contributed by atoms with Crippen LogP contribution in [0.2, 0.25) is 0 Å². The van der Waals surface area contributed by atoms with E-state index in [2.05, 4.69) is 14.8 Å². The van der Waals surface area contributed by atoms with Crippen molar-refractivity contribution in [3.63, 3.8) is 0 Å². The molecule has 1 aromatic carbocycles. The van der Waals surface area contributed by atoms with Gasteiger partial charge in [0.15, 0.2) is 0 Å². The maximum atomic E-state index is 12.1. The molecule has 0 radical (unpaired) electrons. The molecule has 22 heavy (non-hydrogen) atoms. The van der Waals surface area contributed by atoms with E-state index in [-0.39, 0.29) is 18.4 Å². The highest BCUT2D eigenvalue weighted by Crippen LogP contribution is 2.34.